The number of aliphatic carboxylic acids is 1. The summed E-state index contributed by atoms with van der Waals surface area (Å²) in [7, 11) is 0. The van der Waals surface area contributed by atoms with E-state index >= 15 is 0 Å². The fourth-order valence-corrected chi connectivity index (χ4v) is 6.14. The number of primary amides is 1. The van der Waals surface area contributed by atoms with E-state index in [2.05, 4.69) is 10.8 Å². The summed E-state index contributed by atoms with van der Waals surface area (Å²) in [6.07, 6.45) is 0.217. The van der Waals surface area contributed by atoms with Gasteiger partial charge in [0.25, 0.3) is 0 Å². The summed E-state index contributed by atoms with van der Waals surface area (Å²) in [6, 6.07) is 45.0. The van der Waals surface area contributed by atoms with E-state index in [1.807, 2.05) is 131 Å². The number of carbonyl (C=O) groups excluding carboxylic acids is 2. The van der Waals surface area contributed by atoms with Gasteiger partial charge in [0.05, 0.1) is 18.6 Å². The number of nitrogens with two attached hydrogens (primary N) is 1. The fourth-order valence-electron chi connectivity index (χ4n) is 6.08. The molecule has 0 heterocycles. The van der Waals surface area contributed by atoms with Crippen molar-refractivity contribution in [2.45, 2.75) is 85.2 Å². The van der Waals surface area contributed by atoms with E-state index < -0.39 is 29.2 Å². The molecule has 0 aromatic heterocycles. The van der Waals surface area contributed by atoms with Gasteiger partial charge in [0.15, 0.2) is 0 Å². The maximum absolute atomic E-state index is 14.1. The zero-order valence-electron chi connectivity index (χ0n) is 41.3. The van der Waals surface area contributed by atoms with Crippen molar-refractivity contribution in [1.82, 2.24) is 0 Å². The number of nitriles is 1. The molecular weight excluding hydrogens is 971 g/mol. The molecule has 0 saturated heterocycles. The number of carbonyl (C=O) groups is 3. The van der Waals surface area contributed by atoms with Gasteiger partial charge in [-0.15, -0.1) is 6.10 Å². The van der Waals surface area contributed by atoms with Crippen molar-refractivity contribution in [2.75, 3.05) is 6.61 Å². The number of ether oxygens (including phenoxy) is 1. The smallest absolute Gasteiger partial charge is 0.870 e. The van der Waals surface area contributed by atoms with Gasteiger partial charge in [-0.05, 0) is 76.3 Å². The number of carboxylic acids is 1. The molecule has 6 aromatic rings. The second-order valence-electron chi connectivity index (χ2n) is 16.2. The van der Waals surface area contributed by atoms with E-state index in [0.717, 1.165) is 27.8 Å². The summed E-state index contributed by atoms with van der Waals surface area (Å²) in [6.45, 7) is 12.9. The average Bonchev–Trinajstić information content (AvgIpc) is 3.29. The Labute approximate surface area is 501 Å². The second-order valence-corrected chi connectivity index (χ2v) is 16.5. The largest absolute Gasteiger partial charge is 1.00 e. The van der Waals surface area contributed by atoms with E-state index in [1.54, 1.807) is 45.0 Å². The zero-order chi connectivity index (χ0) is 50.1. The molecule has 1 amide bonds. The van der Waals surface area contributed by atoms with Gasteiger partial charge in [0.2, 0.25) is 5.91 Å². The van der Waals surface area contributed by atoms with Crippen molar-refractivity contribution < 1.29 is 151 Å². The van der Waals surface area contributed by atoms with Crippen molar-refractivity contribution in [3.63, 3.8) is 0 Å². The Morgan fingerprint density at radius 1 is 0.629 bits per heavy atom. The molecule has 0 aliphatic heterocycles. The van der Waals surface area contributed by atoms with E-state index in [1.165, 1.54) is 18.2 Å². The summed E-state index contributed by atoms with van der Waals surface area (Å²) in [5.41, 5.74) is 10.7. The van der Waals surface area contributed by atoms with E-state index in [4.69, 9.17) is 27.7 Å². The van der Waals surface area contributed by atoms with E-state index in [9.17, 15) is 32.7 Å². The maximum atomic E-state index is 14.1. The minimum absolute atomic E-state index is 0. The van der Waals surface area contributed by atoms with Crippen molar-refractivity contribution >= 4 is 28.9 Å². The molecule has 0 aliphatic carbocycles. The Hall–Kier alpha value is -3.51. The molecule has 0 fully saturated rings. The average molecular weight is 1030 g/mol. The van der Waals surface area contributed by atoms with Gasteiger partial charge in [0.1, 0.15) is 17.5 Å². The normalized spacial score (nSPS) is 11.0. The molecule has 0 radical (unpaired) electrons. The van der Waals surface area contributed by atoms with Crippen molar-refractivity contribution in [3.8, 4) is 39.4 Å². The van der Waals surface area contributed by atoms with Crippen LogP contribution in [-0.2, 0) is 14.3 Å². The van der Waals surface area contributed by atoms with Crippen LogP contribution in [0.1, 0.15) is 95.8 Å². The topological polar surface area (TPSA) is 184 Å². The quantitative estimate of drug-likeness (QED) is 0.0948. The first-order valence-electron chi connectivity index (χ1n) is 21.7. The number of nitrogens with zero attached hydrogens (tertiary/aromatic N) is 1. The van der Waals surface area contributed by atoms with Crippen LogP contribution < -0.4 is 114 Å². The van der Waals surface area contributed by atoms with Gasteiger partial charge >= 0.3 is 114 Å². The van der Waals surface area contributed by atoms with Crippen LogP contribution in [0.15, 0.2) is 146 Å². The molecule has 0 bridgehead atoms. The third kappa shape index (κ3) is 26.3. The predicted octanol–water partition coefficient (Wildman–Crippen LogP) is 7.27. The number of rotatable bonds is 12. The van der Waals surface area contributed by atoms with Gasteiger partial charge in [-0.3, -0.25) is 9.59 Å². The van der Waals surface area contributed by atoms with Gasteiger partial charge in [0, 0.05) is 41.1 Å². The van der Waals surface area contributed by atoms with Crippen LogP contribution in [0.25, 0.3) is 33.4 Å². The molecule has 6 aromatic carbocycles. The number of carboxylic acid groups (broad SMARTS) is 1. The van der Waals surface area contributed by atoms with Crippen LogP contribution in [-0.4, -0.2) is 40.6 Å². The summed E-state index contributed by atoms with van der Waals surface area (Å²) < 4.78 is 46.6. The third-order valence-corrected chi connectivity index (χ3v) is 9.79. The molecule has 15 heteroatoms. The third-order valence-electron chi connectivity index (χ3n) is 9.68. The Morgan fingerprint density at radius 2 is 0.957 bits per heavy atom. The maximum Gasteiger partial charge on any atom is 1.00 e. The first-order valence-corrected chi connectivity index (χ1v) is 22.0. The minimum atomic E-state index is -0.957. The predicted molar refractivity (Wildman–Crippen MR) is 262 cm³/mol. The molecular formula is C55H60ClF3K2N2O7. The van der Waals surface area contributed by atoms with Crippen molar-refractivity contribution in [1.29, 1.82) is 5.26 Å². The molecule has 70 heavy (non-hydrogen) atoms. The SMILES string of the molecule is CC(C(=O)O)c1ccc(-c2ccccc2)c(F)c1.CC(C)COC(=O)Cl.CC(C)[O-].CC(CC#N)c1ccc(-c2ccccc2)c(F)c1.CC(CC(N)=O)c1ccc(-c2ccccc2)c(F)c1.[K+].[K+].[OH-]. The van der Waals surface area contributed by atoms with Gasteiger partial charge < -0.3 is 26.2 Å². The Morgan fingerprint density at radius 3 is 1.23 bits per heavy atom. The summed E-state index contributed by atoms with van der Waals surface area (Å²) >= 11 is 4.86. The molecule has 6 rings (SSSR count). The van der Waals surface area contributed by atoms with Gasteiger partial charge in [-0.25, -0.2) is 18.0 Å². The number of benzene rings is 6. The zero-order valence-corrected chi connectivity index (χ0v) is 48.3. The molecule has 4 N–H and O–H groups in total. The molecule has 0 spiro atoms. The molecule has 3 atom stereocenters. The molecule has 0 saturated carbocycles. The minimum Gasteiger partial charge on any atom is -0.870 e. The molecule has 362 valence electrons. The van der Waals surface area contributed by atoms with E-state index in [-0.39, 0.29) is 144 Å². The van der Waals surface area contributed by atoms with Crippen molar-refractivity contribution in [2.24, 2.45) is 11.7 Å². The van der Waals surface area contributed by atoms with Gasteiger partial charge in [-0.2, -0.15) is 5.26 Å². The summed E-state index contributed by atoms with van der Waals surface area (Å²) in [4.78, 5) is 31.6. The van der Waals surface area contributed by atoms with Crippen LogP contribution in [0.2, 0.25) is 0 Å². The van der Waals surface area contributed by atoms with Crippen LogP contribution in [0.3, 0.4) is 0 Å². The Bertz CT molecular complexity index is 2500. The second kappa shape index (κ2) is 37.3. The first-order chi connectivity index (χ1) is 31.7. The van der Waals surface area contributed by atoms with Crippen LogP contribution >= 0.6 is 11.6 Å². The van der Waals surface area contributed by atoms with Crippen LogP contribution in [0, 0.1) is 34.7 Å². The molecule has 0 aliphatic rings. The number of hydrogen-bond donors (Lipinski definition) is 2. The monoisotopic (exact) mass is 1030 g/mol. The Kier molecular flexibility index (Phi) is 36.5. The standard InChI is InChI=1S/C16H16FNO.C16H14FN.C15H13FO2.C5H9ClO2.C3H7O.2K.H2O/c1-11(9-16(18)19)13-7-8-14(15(17)10-13)12-5-3-2-4-6-12;1-12(9-10-18)14-7-8-15(16(17)11-14)13-5-3-2-4-6-13;1-10(15(17)18)12-7-8-13(14(16)9-12)11-5-3-2-4-6-11;1-4(2)3-8-5(6)7;1-3(2)4;;;/h2-8,10-11H,9H2,1H3,(H2,18,19);2-8,11-12H,9H2,1H3;2-10H,1H3,(H,17,18);4H,3H2,1-2H3;3H,1-2H3;;;1H2/q;;;;-1;2*+1;/p-1. The summed E-state index contributed by atoms with van der Waals surface area (Å²) in [5, 5.41) is 27.1. The van der Waals surface area contributed by atoms with Crippen molar-refractivity contribution in [3.05, 3.63) is 180 Å². The Balaban J connectivity index is 0. The fraction of sp³-hybridized carbons (Fsp3) is 0.273. The van der Waals surface area contributed by atoms with Crippen LogP contribution in [0.4, 0.5) is 18.0 Å². The van der Waals surface area contributed by atoms with Gasteiger partial charge in [-0.1, -0.05) is 169 Å². The number of amides is 1. The first kappa shape index (κ1) is 68.6. The van der Waals surface area contributed by atoms with E-state index in [0.29, 0.717) is 41.2 Å². The number of halogens is 4. The summed E-state index contributed by atoms with van der Waals surface area (Å²) in [5.74, 6) is -2.59. The van der Waals surface area contributed by atoms with Crippen LogP contribution in [0.5, 0.6) is 0 Å². The molecule has 9 nitrogen and oxygen atoms in total. The molecule has 3 unspecified atom stereocenters. The number of hydrogen-bond acceptors (Lipinski definition) is 7.